The highest BCUT2D eigenvalue weighted by Gasteiger charge is 2.17. The van der Waals surface area contributed by atoms with Crippen LogP contribution in [0.25, 0.3) is 21.8 Å². The normalized spacial score (nSPS) is 11.4. The summed E-state index contributed by atoms with van der Waals surface area (Å²) in [6.45, 7) is 2.53. The first-order chi connectivity index (χ1) is 12.0. The maximum atomic E-state index is 12.4. The van der Waals surface area contributed by atoms with E-state index in [4.69, 9.17) is 9.47 Å². The van der Waals surface area contributed by atoms with Gasteiger partial charge in [-0.1, -0.05) is 0 Å². The first kappa shape index (κ1) is 17.2. The molecule has 0 unspecified atom stereocenters. The summed E-state index contributed by atoms with van der Waals surface area (Å²) in [5, 5.41) is 1.87. The lowest BCUT2D eigenvalue weighted by Gasteiger charge is -2.16. The van der Waals surface area contributed by atoms with Crippen LogP contribution in [0.1, 0.15) is 17.5 Å². The van der Waals surface area contributed by atoms with Crippen LogP contribution < -0.4 is 15.9 Å². The summed E-state index contributed by atoms with van der Waals surface area (Å²) in [6.07, 6.45) is 1.56. The van der Waals surface area contributed by atoms with Gasteiger partial charge >= 0.3 is 0 Å². The number of H-pyrrole nitrogens is 1. The Hall–Kier alpha value is -2.60. The number of hydrogen-bond acceptors (Lipinski definition) is 4. The fourth-order valence-electron chi connectivity index (χ4n) is 3.34. The SMILES string of the molecule is COCCCc1cc(=O)n(C)c2c(OC)c3[nH]c(=O)cc(C)c3cc12. The molecule has 1 aromatic carbocycles. The Bertz CT molecular complexity index is 1060. The maximum absolute atomic E-state index is 12.4. The number of fused-ring (bicyclic) bond motifs is 2. The molecule has 3 aromatic rings. The molecular formula is C19H22N2O4. The maximum Gasteiger partial charge on any atom is 0.251 e. The van der Waals surface area contributed by atoms with Crippen LogP contribution in [0.3, 0.4) is 0 Å². The van der Waals surface area contributed by atoms with Crippen molar-refractivity contribution in [3.05, 3.63) is 50.0 Å². The molecule has 0 radical (unpaired) electrons. The van der Waals surface area contributed by atoms with E-state index < -0.39 is 0 Å². The molecule has 2 aromatic heterocycles. The number of aromatic amines is 1. The number of ether oxygens (including phenoxy) is 2. The molecule has 0 aliphatic carbocycles. The van der Waals surface area contributed by atoms with E-state index in [1.165, 1.54) is 0 Å². The third kappa shape index (κ3) is 2.93. The van der Waals surface area contributed by atoms with Crippen molar-refractivity contribution >= 4 is 21.8 Å². The lowest BCUT2D eigenvalue weighted by Crippen LogP contribution is -2.18. The molecule has 6 nitrogen and oxygen atoms in total. The lowest BCUT2D eigenvalue weighted by molar-refractivity contribution is 0.195. The second kappa shape index (κ2) is 6.72. The number of pyridine rings is 2. The molecule has 25 heavy (non-hydrogen) atoms. The van der Waals surface area contributed by atoms with Gasteiger partial charge in [-0.3, -0.25) is 9.59 Å². The standard InChI is InChI=1S/C19H22N2O4/c1-11-8-15(22)20-17-13(11)10-14-12(6-5-7-24-3)9-16(23)21(2)18(14)19(17)25-4/h8-10H,5-7H2,1-4H3,(H,20,22). The monoisotopic (exact) mass is 342 g/mol. The van der Waals surface area contributed by atoms with Crippen molar-refractivity contribution in [3.8, 4) is 5.75 Å². The van der Waals surface area contributed by atoms with Crippen LogP contribution in [0.15, 0.2) is 27.8 Å². The van der Waals surface area contributed by atoms with Gasteiger partial charge in [-0.15, -0.1) is 0 Å². The molecule has 0 fully saturated rings. The number of nitrogens with one attached hydrogen (secondary N) is 1. The Morgan fingerprint density at radius 2 is 1.88 bits per heavy atom. The van der Waals surface area contributed by atoms with Crippen LogP contribution in [0.4, 0.5) is 0 Å². The van der Waals surface area contributed by atoms with E-state index in [0.717, 1.165) is 34.7 Å². The van der Waals surface area contributed by atoms with Gasteiger partial charge in [0.2, 0.25) is 5.56 Å². The largest absolute Gasteiger partial charge is 0.492 e. The molecule has 0 atom stereocenters. The molecule has 0 saturated heterocycles. The van der Waals surface area contributed by atoms with Crippen molar-refractivity contribution in [1.82, 2.24) is 9.55 Å². The Kier molecular flexibility index (Phi) is 4.63. The van der Waals surface area contributed by atoms with E-state index in [1.807, 2.05) is 13.0 Å². The van der Waals surface area contributed by atoms with Crippen LogP contribution in [0.2, 0.25) is 0 Å². The fraction of sp³-hybridized carbons (Fsp3) is 0.368. The fourth-order valence-corrected chi connectivity index (χ4v) is 3.34. The third-order valence-electron chi connectivity index (χ3n) is 4.58. The molecule has 0 spiro atoms. The van der Waals surface area contributed by atoms with Gasteiger partial charge in [-0.25, -0.2) is 0 Å². The van der Waals surface area contributed by atoms with E-state index in [9.17, 15) is 9.59 Å². The molecular weight excluding hydrogens is 320 g/mol. The van der Waals surface area contributed by atoms with Crippen molar-refractivity contribution in [2.24, 2.45) is 7.05 Å². The van der Waals surface area contributed by atoms with E-state index in [2.05, 4.69) is 4.98 Å². The van der Waals surface area contributed by atoms with Gasteiger partial charge in [0.1, 0.15) is 0 Å². The minimum atomic E-state index is -0.191. The van der Waals surface area contributed by atoms with Gasteiger partial charge in [-0.2, -0.15) is 0 Å². The number of nitrogens with zero attached hydrogens (tertiary/aromatic N) is 1. The van der Waals surface area contributed by atoms with Crippen LogP contribution in [0, 0.1) is 6.92 Å². The van der Waals surface area contributed by atoms with Crippen molar-refractivity contribution in [2.75, 3.05) is 20.8 Å². The quantitative estimate of drug-likeness (QED) is 0.570. The van der Waals surface area contributed by atoms with E-state index in [-0.39, 0.29) is 11.1 Å². The van der Waals surface area contributed by atoms with Gasteiger partial charge in [0.25, 0.3) is 5.56 Å². The highest BCUT2D eigenvalue weighted by molar-refractivity contribution is 6.04. The highest BCUT2D eigenvalue weighted by Crippen LogP contribution is 2.35. The van der Waals surface area contributed by atoms with Gasteiger partial charge in [0.15, 0.2) is 5.75 Å². The van der Waals surface area contributed by atoms with Gasteiger partial charge in [-0.05, 0) is 37.0 Å². The zero-order valence-corrected chi connectivity index (χ0v) is 14.9. The molecule has 0 bridgehead atoms. The number of benzene rings is 1. The highest BCUT2D eigenvalue weighted by atomic mass is 16.5. The van der Waals surface area contributed by atoms with Crippen LogP contribution >= 0.6 is 0 Å². The van der Waals surface area contributed by atoms with Gasteiger partial charge in [0.05, 0.1) is 18.1 Å². The van der Waals surface area contributed by atoms with Crippen LogP contribution in [-0.4, -0.2) is 30.4 Å². The second-order valence-corrected chi connectivity index (χ2v) is 6.21. The Balaban J connectivity index is 2.45. The van der Waals surface area contributed by atoms with Crippen LogP contribution in [-0.2, 0) is 18.2 Å². The number of aromatic nitrogens is 2. The molecule has 0 aliphatic heterocycles. The molecule has 3 rings (SSSR count). The molecule has 0 aliphatic rings. The molecule has 1 N–H and O–H groups in total. The number of rotatable bonds is 5. The molecule has 132 valence electrons. The minimum absolute atomic E-state index is 0.104. The molecule has 0 amide bonds. The minimum Gasteiger partial charge on any atom is -0.492 e. The van der Waals surface area contributed by atoms with E-state index in [1.54, 1.807) is 38.0 Å². The first-order valence-corrected chi connectivity index (χ1v) is 8.20. The number of hydrogen-bond donors (Lipinski definition) is 1. The molecule has 0 saturated carbocycles. The summed E-state index contributed by atoms with van der Waals surface area (Å²) in [5.41, 5.74) is 2.84. The van der Waals surface area contributed by atoms with Crippen molar-refractivity contribution in [3.63, 3.8) is 0 Å². The van der Waals surface area contributed by atoms with Crippen molar-refractivity contribution in [2.45, 2.75) is 19.8 Å². The van der Waals surface area contributed by atoms with E-state index >= 15 is 0 Å². The summed E-state index contributed by atoms with van der Waals surface area (Å²) in [6, 6.07) is 5.27. The van der Waals surface area contributed by atoms with E-state index in [0.29, 0.717) is 23.4 Å². The zero-order chi connectivity index (χ0) is 18.1. The van der Waals surface area contributed by atoms with Crippen molar-refractivity contribution in [1.29, 1.82) is 0 Å². The Morgan fingerprint density at radius 3 is 2.56 bits per heavy atom. The topological polar surface area (TPSA) is 73.3 Å². The average molecular weight is 342 g/mol. The Morgan fingerprint density at radius 1 is 1.12 bits per heavy atom. The number of methoxy groups -OCH3 is 2. The summed E-state index contributed by atoms with van der Waals surface area (Å²) in [5.74, 6) is 0.515. The number of aryl methyl sites for hydroxylation is 3. The summed E-state index contributed by atoms with van der Waals surface area (Å²) >= 11 is 0. The van der Waals surface area contributed by atoms with Crippen molar-refractivity contribution < 1.29 is 9.47 Å². The third-order valence-corrected chi connectivity index (χ3v) is 4.58. The Labute approximate surface area is 145 Å². The first-order valence-electron chi connectivity index (χ1n) is 8.20. The predicted molar refractivity (Wildman–Crippen MR) is 98.8 cm³/mol. The summed E-state index contributed by atoms with van der Waals surface area (Å²) < 4.78 is 12.3. The lowest BCUT2D eigenvalue weighted by atomic mass is 9.99. The second-order valence-electron chi connectivity index (χ2n) is 6.21. The molecule has 6 heteroatoms. The average Bonchev–Trinajstić information content (AvgIpc) is 2.57. The van der Waals surface area contributed by atoms with Gasteiger partial charge in [0, 0.05) is 43.7 Å². The predicted octanol–water partition coefficient (Wildman–Crippen LogP) is 2.28. The van der Waals surface area contributed by atoms with Crippen LogP contribution in [0.5, 0.6) is 5.75 Å². The summed E-state index contributed by atoms with van der Waals surface area (Å²) in [4.78, 5) is 27.2. The smallest absolute Gasteiger partial charge is 0.251 e. The molecule has 2 heterocycles. The summed E-state index contributed by atoms with van der Waals surface area (Å²) in [7, 11) is 4.93. The zero-order valence-electron chi connectivity index (χ0n) is 14.9. The van der Waals surface area contributed by atoms with Gasteiger partial charge < -0.3 is 19.0 Å².